The molecule has 0 N–H and O–H groups in total. The second kappa shape index (κ2) is 11.1. The van der Waals surface area contributed by atoms with E-state index in [9.17, 15) is 18.0 Å². The number of carbonyl (C=O) groups excluding carboxylic acids is 1. The number of hydrogen-bond donors (Lipinski definition) is 0. The minimum atomic E-state index is -4.57. The molecule has 236 valence electrons. The van der Waals surface area contributed by atoms with Crippen LogP contribution >= 0.6 is 0 Å². The average Bonchev–Trinajstić information content (AvgIpc) is 3.59. The molecule has 13 heteroatoms. The Hall–Kier alpha value is -3.58. The molecule has 0 radical (unpaired) electrons. The number of piperidine rings is 1. The Morgan fingerprint density at radius 3 is 2.43 bits per heavy atom. The van der Waals surface area contributed by atoms with Crippen LogP contribution in [0.3, 0.4) is 0 Å². The number of hydrogen-bond acceptors (Lipinski definition) is 7. The van der Waals surface area contributed by atoms with Gasteiger partial charge in [0.15, 0.2) is 5.82 Å². The summed E-state index contributed by atoms with van der Waals surface area (Å²) in [6, 6.07) is 3.61. The standard InChI is InChI=1S/C31H39F3N8O2/c1-4-29(43)40-10-7-26-24(17-40)30(36-42(26)21-5-8-39(9-6-21)22-18-44-19-22)41-12-11-37(2)27-13-23(20-15-35-38(3)16-20)25(14-28(27)41)31(32,33)34/h13-16,21-22H,4-12,17-19H2,1-3H3. The minimum absolute atomic E-state index is 0.0737. The zero-order valence-corrected chi connectivity index (χ0v) is 25.5. The maximum Gasteiger partial charge on any atom is 0.417 e. The van der Waals surface area contributed by atoms with Crippen molar-refractivity contribution in [3.05, 3.63) is 41.3 Å². The third kappa shape index (κ3) is 5.03. The van der Waals surface area contributed by atoms with Gasteiger partial charge in [-0.1, -0.05) is 6.92 Å². The summed E-state index contributed by atoms with van der Waals surface area (Å²) in [4.78, 5) is 21.1. The number of likely N-dealkylation sites (N-methyl/N-ethyl adjacent to an activating group) is 1. The molecule has 1 aromatic carbocycles. The van der Waals surface area contributed by atoms with E-state index < -0.39 is 11.7 Å². The number of likely N-dealkylation sites (tertiary alicyclic amines) is 1. The van der Waals surface area contributed by atoms with E-state index in [1.807, 2.05) is 28.7 Å². The first kappa shape index (κ1) is 29.1. The number of rotatable bonds is 5. The number of benzene rings is 1. The summed E-state index contributed by atoms with van der Waals surface area (Å²) >= 11 is 0. The monoisotopic (exact) mass is 612 g/mol. The van der Waals surface area contributed by atoms with Crippen molar-refractivity contribution in [3.63, 3.8) is 0 Å². The van der Waals surface area contributed by atoms with E-state index in [-0.39, 0.29) is 17.5 Å². The average molecular weight is 613 g/mol. The molecule has 2 fully saturated rings. The lowest BCUT2D eigenvalue weighted by Gasteiger charge is -2.41. The molecule has 0 bridgehead atoms. The van der Waals surface area contributed by atoms with Crippen molar-refractivity contribution in [1.82, 2.24) is 29.4 Å². The number of alkyl halides is 3. The van der Waals surface area contributed by atoms with Gasteiger partial charge in [-0.2, -0.15) is 23.4 Å². The molecule has 2 aromatic heterocycles. The van der Waals surface area contributed by atoms with Crippen LogP contribution in [0.4, 0.5) is 30.4 Å². The molecular weight excluding hydrogens is 573 g/mol. The minimum Gasteiger partial charge on any atom is -0.378 e. The first-order valence-corrected chi connectivity index (χ1v) is 15.5. The van der Waals surface area contributed by atoms with Gasteiger partial charge in [0.1, 0.15) is 0 Å². The van der Waals surface area contributed by atoms with Crippen LogP contribution < -0.4 is 9.80 Å². The van der Waals surface area contributed by atoms with Crippen molar-refractivity contribution in [2.45, 2.75) is 57.4 Å². The van der Waals surface area contributed by atoms with Crippen LogP contribution in [0.1, 0.15) is 49.0 Å². The summed E-state index contributed by atoms with van der Waals surface area (Å²) in [6.45, 7) is 7.50. The summed E-state index contributed by atoms with van der Waals surface area (Å²) in [6.07, 6.45) is 1.51. The number of amides is 1. The smallest absolute Gasteiger partial charge is 0.378 e. The molecule has 6 heterocycles. The van der Waals surface area contributed by atoms with E-state index in [0.717, 1.165) is 50.4 Å². The fourth-order valence-electron chi connectivity index (χ4n) is 7.16. The zero-order valence-electron chi connectivity index (χ0n) is 25.5. The third-order valence-corrected chi connectivity index (χ3v) is 9.75. The summed E-state index contributed by atoms with van der Waals surface area (Å²) in [5, 5.41) is 9.34. The molecule has 3 aromatic rings. The molecule has 2 saturated heterocycles. The largest absolute Gasteiger partial charge is 0.417 e. The maximum atomic E-state index is 14.6. The van der Waals surface area contributed by atoms with Crippen molar-refractivity contribution < 1.29 is 22.7 Å². The molecule has 7 rings (SSSR count). The number of aryl methyl sites for hydroxylation is 1. The molecule has 4 aliphatic rings. The SMILES string of the molecule is CCC(=O)N1CCc2c(c(N3CCN(C)c4cc(-c5cnn(C)c5)c(C(F)(F)F)cc43)nn2C2CCN(C3COC3)CC2)C1. The van der Waals surface area contributed by atoms with E-state index >= 15 is 0 Å². The van der Waals surface area contributed by atoms with Gasteiger partial charge in [0.05, 0.1) is 55.0 Å². The molecule has 0 saturated carbocycles. The van der Waals surface area contributed by atoms with Gasteiger partial charge < -0.3 is 19.4 Å². The van der Waals surface area contributed by atoms with E-state index in [0.29, 0.717) is 67.8 Å². The fraction of sp³-hybridized carbons (Fsp3) is 0.581. The van der Waals surface area contributed by atoms with Gasteiger partial charge in [-0.15, -0.1) is 0 Å². The Morgan fingerprint density at radius 2 is 1.80 bits per heavy atom. The van der Waals surface area contributed by atoms with Gasteiger partial charge in [-0.25, -0.2) is 0 Å². The summed E-state index contributed by atoms with van der Waals surface area (Å²) in [7, 11) is 3.60. The zero-order chi connectivity index (χ0) is 30.7. The number of fused-ring (bicyclic) bond motifs is 2. The molecular formula is C31H39F3N8O2. The van der Waals surface area contributed by atoms with Gasteiger partial charge >= 0.3 is 6.18 Å². The van der Waals surface area contributed by atoms with Gasteiger partial charge in [0.25, 0.3) is 0 Å². The van der Waals surface area contributed by atoms with Crippen molar-refractivity contribution in [3.8, 4) is 11.1 Å². The second-order valence-electron chi connectivity index (χ2n) is 12.4. The van der Waals surface area contributed by atoms with Crippen molar-refractivity contribution in [2.75, 3.05) is 62.8 Å². The third-order valence-electron chi connectivity index (χ3n) is 9.75. The summed E-state index contributed by atoms with van der Waals surface area (Å²) < 4.78 is 52.9. The predicted octanol–water partition coefficient (Wildman–Crippen LogP) is 4.22. The highest BCUT2D eigenvalue weighted by molar-refractivity contribution is 5.86. The lowest BCUT2D eigenvalue weighted by atomic mass is 9.97. The van der Waals surface area contributed by atoms with Crippen LogP contribution in [0, 0.1) is 0 Å². The van der Waals surface area contributed by atoms with Crippen LogP contribution in [0.25, 0.3) is 11.1 Å². The van der Waals surface area contributed by atoms with Crippen molar-refractivity contribution in [2.24, 2.45) is 7.05 Å². The van der Waals surface area contributed by atoms with Crippen molar-refractivity contribution >= 4 is 23.1 Å². The van der Waals surface area contributed by atoms with E-state index in [1.165, 1.54) is 16.9 Å². The van der Waals surface area contributed by atoms with Crippen LogP contribution in [-0.2, 0) is 35.7 Å². The topological polar surface area (TPSA) is 74.9 Å². The number of anilines is 3. The van der Waals surface area contributed by atoms with Gasteiger partial charge in [0, 0.05) is 82.7 Å². The maximum absolute atomic E-state index is 14.6. The number of nitrogens with zero attached hydrogens (tertiary/aromatic N) is 8. The van der Waals surface area contributed by atoms with Crippen LogP contribution in [0.2, 0.25) is 0 Å². The number of aromatic nitrogens is 4. The number of carbonyl (C=O) groups is 1. The predicted molar refractivity (Wildman–Crippen MR) is 160 cm³/mol. The quantitative estimate of drug-likeness (QED) is 0.427. The normalized spacial score (nSPS) is 20.1. The Morgan fingerprint density at radius 1 is 1.02 bits per heavy atom. The van der Waals surface area contributed by atoms with Gasteiger partial charge in [0.2, 0.25) is 5.91 Å². The van der Waals surface area contributed by atoms with Crippen LogP contribution in [-0.4, -0.2) is 94.3 Å². The molecule has 0 aliphatic carbocycles. The molecule has 0 spiro atoms. The highest BCUT2D eigenvalue weighted by Crippen LogP contribution is 2.47. The Kier molecular flexibility index (Phi) is 7.35. The highest BCUT2D eigenvalue weighted by atomic mass is 19.4. The molecule has 1 amide bonds. The second-order valence-corrected chi connectivity index (χ2v) is 12.4. The fourth-order valence-corrected chi connectivity index (χ4v) is 7.16. The first-order valence-electron chi connectivity index (χ1n) is 15.5. The number of halogens is 3. The molecule has 0 unspecified atom stereocenters. The molecule has 0 atom stereocenters. The summed E-state index contributed by atoms with van der Waals surface area (Å²) in [5.41, 5.74) is 3.07. The Bertz CT molecular complexity index is 1550. The molecule has 10 nitrogen and oxygen atoms in total. The van der Waals surface area contributed by atoms with Crippen molar-refractivity contribution in [1.29, 1.82) is 0 Å². The van der Waals surface area contributed by atoms with Crippen LogP contribution in [0.15, 0.2) is 24.5 Å². The highest BCUT2D eigenvalue weighted by Gasteiger charge is 2.39. The molecule has 44 heavy (non-hydrogen) atoms. The van der Waals surface area contributed by atoms with Crippen LogP contribution in [0.5, 0.6) is 0 Å². The first-order chi connectivity index (χ1) is 21.1. The van der Waals surface area contributed by atoms with Gasteiger partial charge in [-0.05, 0) is 30.5 Å². The number of ether oxygens (including phenoxy) is 1. The van der Waals surface area contributed by atoms with E-state index in [4.69, 9.17) is 9.84 Å². The lowest BCUT2D eigenvalue weighted by Crippen LogP contribution is -2.52. The van der Waals surface area contributed by atoms with E-state index in [2.05, 4.69) is 14.7 Å². The Labute approximate surface area is 254 Å². The Balaban J connectivity index is 1.31. The molecule has 4 aliphatic heterocycles. The summed E-state index contributed by atoms with van der Waals surface area (Å²) in [5.74, 6) is 0.740. The van der Waals surface area contributed by atoms with Gasteiger partial charge in [-0.3, -0.25) is 19.1 Å². The lowest BCUT2D eigenvalue weighted by molar-refractivity contribution is -0.137. The van der Waals surface area contributed by atoms with E-state index in [1.54, 1.807) is 19.3 Å².